The number of likely N-dealkylation sites (N-methyl/N-ethyl adjacent to an activating group) is 1. The van der Waals surface area contributed by atoms with Gasteiger partial charge in [-0.05, 0) is 19.5 Å². The predicted molar refractivity (Wildman–Crippen MR) is 113 cm³/mol. The number of nitrogens with two attached hydrogens (primary N) is 1. The molecule has 1 aromatic carbocycles. The Morgan fingerprint density at radius 1 is 1.48 bits per heavy atom. The molecule has 148 valence electrons. The highest BCUT2D eigenvalue weighted by Crippen LogP contribution is 2.35. The van der Waals surface area contributed by atoms with E-state index in [0.29, 0.717) is 28.3 Å². The molecule has 0 amide bonds. The number of aromatic nitrogens is 3. The van der Waals surface area contributed by atoms with Crippen LogP contribution in [0.25, 0.3) is 10.9 Å². The number of pyridine rings is 1. The summed E-state index contributed by atoms with van der Waals surface area (Å²) >= 11 is 6.31. The number of para-hydroxylation sites is 1. The molecular weight excluding hydrogens is 390 g/mol. The number of anilines is 2. The highest BCUT2D eigenvalue weighted by molar-refractivity contribution is 6.35. The second-order valence-corrected chi connectivity index (χ2v) is 7.60. The van der Waals surface area contributed by atoms with Crippen LogP contribution in [-0.2, 0) is 6.54 Å². The first-order chi connectivity index (χ1) is 14.0. The average molecular weight is 410 g/mol. The molecule has 1 aliphatic rings. The van der Waals surface area contributed by atoms with Gasteiger partial charge >= 0.3 is 0 Å². The number of hydrogen-bond acceptors (Lipinski definition) is 7. The quantitative estimate of drug-likeness (QED) is 0.678. The number of nitrogens with zero attached hydrogens (tertiary/aromatic N) is 5. The Kier molecular flexibility index (Phi) is 5.09. The summed E-state index contributed by atoms with van der Waals surface area (Å²) in [7, 11) is 2.00. The molecule has 3 aromatic rings. The molecule has 1 unspecified atom stereocenters. The fourth-order valence-electron chi connectivity index (χ4n) is 3.89. The largest absolute Gasteiger partial charge is 0.369 e. The van der Waals surface area contributed by atoms with E-state index in [4.69, 9.17) is 17.3 Å². The summed E-state index contributed by atoms with van der Waals surface area (Å²) in [6, 6.07) is 9.59. The summed E-state index contributed by atoms with van der Waals surface area (Å²) in [6.07, 6.45) is 2.51. The Morgan fingerprint density at radius 3 is 3.07 bits per heavy atom. The van der Waals surface area contributed by atoms with Crippen molar-refractivity contribution in [3.8, 4) is 6.07 Å². The standard InChI is InChI=1S/C20H20ClN7O/c1-27(10-13-7-17(29)26-20(23)25-13)14-5-6-28(11-14)19-12(8-22)9-24-18-15(19)3-2-4-16(18)21/h2-4,7,9,14H,5-6,10-11H2,1H3,(H3,23,25,26,29). The van der Waals surface area contributed by atoms with Gasteiger partial charge in [0.2, 0.25) is 5.95 Å². The predicted octanol–water partition coefficient (Wildman–Crippen LogP) is 2.14. The van der Waals surface area contributed by atoms with E-state index in [2.05, 4.69) is 30.8 Å². The molecule has 29 heavy (non-hydrogen) atoms. The molecule has 0 bridgehead atoms. The first-order valence-corrected chi connectivity index (χ1v) is 9.62. The van der Waals surface area contributed by atoms with Crippen molar-refractivity contribution in [2.24, 2.45) is 0 Å². The maximum atomic E-state index is 11.6. The van der Waals surface area contributed by atoms with E-state index in [1.54, 1.807) is 12.3 Å². The molecule has 9 heteroatoms. The lowest BCUT2D eigenvalue weighted by molar-refractivity contribution is 0.247. The van der Waals surface area contributed by atoms with Gasteiger partial charge in [0.05, 0.1) is 27.5 Å². The van der Waals surface area contributed by atoms with E-state index in [1.807, 2.05) is 19.2 Å². The Balaban J connectivity index is 1.59. The molecule has 4 rings (SSSR count). The first-order valence-electron chi connectivity index (χ1n) is 9.24. The van der Waals surface area contributed by atoms with Crippen LogP contribution in [0.15, 0.2) is 35.3 Å². The van der Waals surface area contributed by atoms with Crippen LogP contribution in [0.2, 0.25) is 5.02 Å². The summed E-state index contributed by atoms with van der Waals surface area (Å²) in [6.45, 7) is 2.07. The number of hydrogen-bond donors (Lipinski definition) is 2. The van der Waals surface area contributed by atoms with Gasteiger partial charge in [-0.15, -0.1) is 0 Å². The Bertz CT molecular complexity index is 1170. The van der Waals surface area contributed by atoms with Crippen molar-refractivity contribution in [3.63, 3.8) is 0 Å². The molecule has 3 N–H and O–H groups in total. The summed E-state index contributed by atoms with van der Waals surface area (Å²) in [5, 5.41) is 11.1. The van der Waals surface area contributed by atoms with Gasteiger partial charge in [-0.25, -0.2) is 4.98 Å². The van der Waals surface area contributed by atoms with Gasteiger partial charge in [0.25, 0.3) is 5.56 Å². The van der Waals surface area contributed by atoms with Crippen molar-refractivity contribution in [2.45, 2.75) is 19.0 Å². The lowest BCUT2D eigenvalue weighted by Crippen LogP contribution is -2.35. The Morgan fingerprint density at radius 2 is 2.31 bits per heavy atom. The SMILES string of the molecule is CN(Cc1cc(=O)[nH]c(N)n1)C1CCN(c2c(C#N)cnc3c(Cl)cccc23)C1. The van der Waals surface area contributed by atoms with Crippen LogP contribution >= 0.6 is 11.6 Å². The van der Waals surface area contributed by atoms with Gasteiger partial charge < -0.3 is 10.6 Å². The molecule has 0 radical (unpaired) electrons. The summed E-state index contributed by atoms with van der Waals surface area (Å²) in [4.78, 5) is 27.0. The molecule has 1 atom stereocenters. The van der Waals surface area contributed by atoms with E-state index in [1.165, 1.54) is 6.07 Å². The first kappa shape index (κ1) is 19.2. The van der Waals surface area contributed by atoms with Crippen LogP contribution in [0.5, 0.6) is 0 Å². The van der Waals surface area contributed by atoms with E-state index < -0.39 is 0 Å². The smallest absolute Gasteiger partial charge is 0.252 e. The second-order valence-electron chi connectivity index (χ2n) is 7.19. The van der Waals surface area contributed by atoms with Crippen LogP contribution in [0, 0.1) is 11.3 Å². The molecule has 1 aliphatic heterocycles. The highest BCUT2D eigenvalue weighted by Gasteiger charge is 2.29. The third kappa shape index (κ3) is 3.75. The maximum absolute atomic E-state index is 11.6. The molecule has 2 aromatic heterocycles. The normalized spacial score (nSPS) is 16.5. The fraction of sp³-hybridized carbons (Fsp3) is 0.300. The molecular formula is C20H20ClN7O. The van der Waals surface area contributed by atoms with E-state index in [-0.39, 0.29) is 17.5 Å². The molecule has 0 saturated carbocycles. The van der Waals surface area contributed by atoms with Crippen LogP contribution in [-0.4, -0.2) is 46.0 Å². The molecule has 1 saturated heterocycles. The number of benzene rings is 1. The van der Waals surface area contributed by atoms with Gasteiger partial charge in [-0.2, -0.15) is 5.26 Å². The van der Waals surface area contributed by atoms with E-state index in [0.717, 1.165) is 30.6 Å². The number of fused-ring (bicyclic) bond motifs is 1. The van der Waals surface area contributed by atoms with Crippen molar-refractivity contribution in [1.82, 2.24) is 19.9 Å². The number of rotatable bonds is 4. The number of H-pyrrole nitrogens is 1. The van der Waals surface area contributed by atoms with Gasteiger partial charge in [0, 0.05) is 43.3 Å². The third-order valence-electron chi connectivity index (χ3n) is 5.27. The van der Waals surface area contributed by atoms with Crippen LogP contribution in [0.3, 0.4) is 0 Å². The second kappa shape index (κ2) is 7.70. The minimum absolute atomic E-state index is 0.118. The highest BCUT2D eigenvalue weighted by atomic mass is 35.5. The summed E-state index contributed by atoms with van der Waals surface area (Å²) < 4.78 is 0. The van der Waals surface area contributed by atoms with Gasteiger partial charge in [-0.3, -0.25) is 19.7 Å². The number of nitriles is 1. The molecule has 3 heterocycles. The van der Waals surface area contributed by atoms with Crippen LogP contribution < -0.4 is 16.2 Å². The van der Waals surface area contributed by atoms with Crippen molar-refractivity contribution >= 4 is 34.1 Å². The zero-order chi connectivity index (χ0) is 20.5. The zero-order valence-electron chi connectivity index (χ0n) is 15.9. The van der Waals surface area contributed by atoms with Crippen molar-refractivity contribution in [2.75, 3.05) is 30.8 Å². The Labute approximate surface area is 172 Å². The zero-order valence-corrected chi connectivity index (χ0v) is 16.6. The molecule has 0 aliphatic carbocycles. The van der Waals surface area contributed by atoms with Crippen molar-refractivity contribution in [3.05, 3.63) is 57.1 Å². The molecule has 0 spiro atoms. The average Bonchev–Trinajstić information content (AvgIpc) is 3.16. The lowest BCUT2D eigenvalue weighted by Gasteiger charge is -2.26. The minimum Gasteiger partial charge on any atom is -0.369 e. The number of nitrogen functional groups attached to an aromatic ring is 1. The summed E-state index contributed by atoms with van der Waals surface area (Å²) in [5.41, 5.74) is 8.12. The summed E-state index contributed by atoms with van der Waals surface area (Å²) in [5.74, 6) is 0.118. The van der Waals surface area contributed by atoms with E-state index in [9.17, 15) is 10.1 Å². The van der Waals surface area contributed by atoms with Crippen LogP contribution in [0.4, 0.5) is 11.6 Å². The number of aromatic amines is 1. The number of halogens is 1. The van der Waals surface area contributed by atoms with Crippen LogP contribution in [0.1, 0.15) is 17.7 Å². The monoisotopic (exact) mass is 409 g/mol. The Hall–Kier alpha value is -3.15. The van der Waals surface area contributed by atoms with Gasteiger partial charge in [0.15, 0.2) is 0 Å². The van der Waals surface area contributed by atoms with Gasteiger partial charge in [-0.1, -0.05) is 23.7 Å². The number of nitrogens with one attached hydrogen (secondary N) is 1. The molecule has 8 nitrogen and oxygen atoms in total. The topological polar surface area (TPSA) is 115 Å². The van der Waals surface area contributed by atoms with Crippen molar-refractivity contribution < 1.29 is 0 Å². The van der Waals surface area contributed by atoms with Gasteiger partial charge in [0.1, 0.15) is 6.07 Å². The lowest BCUT2D eigenvalue weighted by atomic mass is 10.1. The molecule has 1 fully saturated rings. The maximum Gasteiger partial charge on any atom is 0.252 e. The van der Waals surface area contributed by atoms with E-state index >= 15 is 0 Å². The minimum atomic E-state index is -0.257. The van der Waals surface area contributed by atoms with Crippen molar-refractivity contribution in [1.29, 1.82) is 5.26 Å². The third-order valence-corrected chi connectivity index (χ3v) is 5.57. The fourth-order valence-corrected chi connectivity index (χ4v) is 4.12.